The number of aliphatic hydroxyl groups excluding tert-OH is 1. The van der Waals surface area contributed by atoms with E-state index in [1.165, 1.54) is 11.6 Å². The van der Waals surface area contributed by atoms with Crippen LogP contribution in [0.2, 0.25) is 0 Å². The summed E-state index contributed by atoms with van der Waals surface area (Å²) in [6, 6.07) is 17.3. The average molecular weight is 408 g/mol. The summed E-state index contributed by atoms with van der Waals surface area (Å²) >= 11 is 0. The van der Waals surface area contributed by atoms with Crippen molar-refractivity contribution in [2.45, 2.75) is 39.7 Å². The van der Waals surface area contributed by atoms with E-state index < -0.39 is 0 Å². The summed E-state index contributed by atoms with van der Waals surface area (Å²) in [5.74, 6) is -0.231. The van der Waals surface area contributed by atoms with Crippen molar-refractivity contribution in [1.82, 2.24) is 14.7 Å². The molecule has 1 atom stereocenters. The van der Waals surface area contributed by atoms with Gasteiger partial charge in [-0.05, 0) is 75.0 Å². The van der Waals surface area contributed by atoms with Gasteiger partial charge in [-0.25, -0.2) is 9.07 Å². The van der Waals surface area contributed by atoms with Crippen molar-refractivity contribution in [3.8, 4) is 5.69 Å². The highest BCUT2D eigenvalue weighted by Crippen LogP contribution is 2.34. The Morgan fingerprint density at radius 1 is 1.10 bits per heavy atom. The third kappa shape index (κ3) is 4.47. The van der Waals surface area contributed by atoms with Gasteiger partial charge in [0.15, 0.2) is 0 Å². The van der Waals surface area contributed by atoms with Gasteiger partial charge in [-0.2, -0.15) is 5.10 Å². The van der Waals surface area contributed by atoms with Gasteiger partial charge in [-0.15, -0.1) is 0 Å². The Labute approximate surface area is 178 Å². The fourth-order valence-electron chi connectivity index (χ4n) is 4.80. The average Bonchev–Trinajstić information content (AvgIpc) is 3.07. The van der Waals surface area contributed by atoms with Crippen LogP contribution >= 0.6 is 0 Å². The lowest BCUT2D eigenvalue weighted by Crippen LogP contribution is -2.46. The number of likely N-dealkylation sites (tertiary alicyclic amines) is 1. The Morgan fingerprint density at radius 2 is 1.90 bits per heavy atom. The second kappa shape index (κ2) is 8.70. The molecule has 3 aromatic rings. The largest absolute Gasteiger partial charge is 0.396 e. The Hall–Kier alpha value is -2.50. The highest BCUT2D eigenvalue weighted by atomic mass is 19.1. The molecule has 2 heterocycles. The molecule has 1 aliphatic rings. The highest BCUT2D eigenvalue weighted by Gasteiger charge is 2.35. The number of hydrogen-bond acceptors (Lipinski definition) is 3. The van der Waals surface area contributed by atoms with E-state index in [0.29, 0.717) is 6.54 Å². The Balaban J connectivity index is 1.58. The maximum Gasteiger partial charge on any atom is 0.123 e. The summed E-state index contributed by atoms with van der Waals surface area (Å²) < 4.78 is 16.0. The van der Waals surface area contributed by atoms with Crippen molar-refractivity contribution in [1.29, 1.82) is 0 Å². The van der Waals surface area contributed by atoms with E-state index in [-0.39, 0.29) is 17.8 Å². The molecule has 1 N–H and O–H groups in total. The fraction of sp³-hybridized carbons (Fsp3) is 0.400. The summed E-state index contributed by atoms with van der Waals surface area (Å²) in [6.45, 7) is 6.53. The summed E-state index contributed by atoms with van der Waals surface area (Å²) in [5.41, 5.74) is 4.92. The molecule has 1 aliphatic heterocycles. The molecule has 1 aromatic heterocycles. The van der Waals surface area contributed by atoms with Crippen LogP contribution in [0.5, 0.6) is 0 Å². The predicted octanol–water partition coefficient (Wildman–Crippen LogP) is 4.45. The molecule has 0 radical (unpaired) electrons. The third-order valence-electron chi connectivity index (χ3n) is 6.17. The number of rotatable bonds is 6. The number of hydrogen-bond donors (Lipinski definition) is 1. The first-order chi connectivity index (χ1) is 14.5. The minimum absolute atomic E-state index is 0.159. The minimum Gasteiger partial charge on any atom is -0.396 e. The molecule has 1 fully saturated rings. The lowest BCUT2D eigenvalue weighted by atomic mass is 9.75. The molecule has 158 valence electrons. The van der Waals surface area contributed by atoms with E-state index in [9.17, 15) is 9.50 Å². The van der Waals surface area contributed by atoms with Gasteiger partial charge in [0.2, 0.25) is 0 Å². The summed E-state index contributed by atoms with van der Waals surface area (Å²) in [7, 11) is 0. The van der Waals surface area contributed by atoms with Crippen molar-refractivity contribution >= 4 is 0 Å². The number of aryl methyl sites for hydroxylation is 2. The van der Waals surface area contributed by atoms with Crippen LogP contribution in [0.4, 0.5) is 4.39 Å². The Bertz CT molecular complexity index is 1000. The number of benzene rings is 2. The van der Waals surface area contributed by atoms with Crippen molar-refractivity contribution in [3.05, 3.63) is 82.9 Å². The van der Waals surface area contributed by atoms with Crippen molar-refractivity contribution < 1.29 is 9.50 Å². The van der Waals surface area contributed by atoms with Gasteiger partial charge in [-0.3, -0.25) is 4.90 Å². The van der Waals surface area contributed by atoms with Crippen LogP contribution in [-0.4, -0.2) is 39.5 Å². The van der Waals surface area contributed by atoms with Gasteiger partial charge in [0, 0.05) is 24.2 Å². The smallest absolute Gasteiger partial charge is 0.123 e. The van der Waals surface area contributed by atoms with Gasteiger partial charge >= 0.3 is 0 Å². The number of piperidine rings is 1. The van der Waals surface area contributed by atoms with E-state index in [0.717, 1.165) is 55.0 Å². The predicted molar refractivity (Wildman–Crippen MR) is 117 cm³/mol. The van der Waals surface area contributed by atoms with E-state index in [2.05, 4.69) is 34.3 Å². The monoisotopic (exact) mass is 407 g/mol. The molecule has 0 saturated carbocycles. The van der Waals surface area contributed by atoms with Crippen molar-refractivity contribution in [2.75, 3.05) is 19.7 Å². The zero-order chi connectivity index (χ0) is 21.1. The molecule has 0 aliphatic carbocycles. The van der Waals surface area contributed by atoms with Gasteiger partial charge in [0.05, 0.1) is 18.0 Å². The molecular formula is C25H30FN3O. The molecule has 0 spiro atoms. The topological polar surface area (TPSA) is 41.3 Å². The molecule has 0 amide bonds. The summed E-state index contributed by atoms with van der Waals surface area (Å²) in [5, 5.41) is 14.9. The van der Waals surface area contributed by atoms with E-state index in [1.807, 2.05) is 36.7 Å². The highest BCUT2D eigenvalue weighted by molar-refractivity contribution is 5.42. The molecule has 4 nitrogen and oxygen atoms in total. The van der Waals surface area contributed by atoms with Gasteiger partial charge in [0.1, 0.15) is 5.82 Å². The number of nitrogens with zero attached hydrogens (tertiary/aromatic N) is 3. The molecule has 4 rings (SSSR count). The number of halogens is 1. The second-order valence-electron chi connectivity index (χ2n) is 8.75. The first-order valence-corrected chi connectivity index (χ1v) is 10.7. The van der Waals surface area contributed by atoms with E-state index >= 15 is 0 Å². The van der Waals surface area contributed by atoms with E-state index in [4.69, 9.17) is 0 Å². The second-order valence-corrected chi connectivity index (χ2v) is 8.75. The maximum atomic E-state index is 14.1. The first-order valence-electron chi connectivity index (χ1n) is 10.7. The van der Waals surface area contributed by atoms with Crippen LogP contribution in [0.1, 0.15) is 35.4 Å². The Kier molecular flexibility index (Phi) is 6.02. The number of aliphatic hydroxyl groups is 1. The first kappa shape index (κ1) is 20.8. The van der Waals surface area contributed by atoms with Gasteiger partial charge in [0.25, 0.3) is 0 Å². The third-order valence-corrected chi connectivity index (χ3v) is 6.17. The summed E-state index contributed by atoms with van der Waals surface area (Å²) in [4.78, 5) is 2.35. The van der Waals surface area contributed by atoms with Crippen LogP contribution in [0.3, 0.4) is 0 Å². The summed E-state index contributed by atoms with van der Waals surface area (Å²) in [6.07, 6.45) is 2.88. The van der Waals surface area contributed by atoms with Gasteiger partial charge < -0.3 is 5.11 Å². The van der Waals surface area contributed by atoms with Crippen molar-refractivity contribution in [3.63, 3.8) is 0 Å². The van der Waals surface area contributed by atoms with Crippen LogP contribution in [0.25, 0.3) is 5.69 Å². The van der Waals surface area contributed by atoms with Crippen LogP contribution in [-0.2, 0) is 13.0 Å². The van der Waals surface area contributed by atoms with Crippen LogP contribution < -0.4 is 0 Å². The van der Waals surface area contributed by atoms with Crippen LogP contribution in [0, 0.1) is 25.1 Å². The molecule has 30 heavy (non-hydrogen) atoms. The van der Waals surface area contributed by atoms with Crippen molar-refractivity contribution in [2.24, 2.45) is 5.41 Å². The lowest BCUT2D eigenvalue weighted by molar-refractivity contribution is 0.0288. The fourth-order valence-corrected chi connectivity index (χ4v) is 4.80. The standard InChI is InChI=1S/C25H30FN3O/c1-19-13-20(2)29(27-19)24-10-9-23(26)14-22(24)16-28-12-6-11-25(17-28,18-30)15-21-7-4-3-5-8-21/h3-5,7-10,13-14,30H,6,11-12,15-18H2,1-2H3. The SMILES string of the molecule is Cc1cc(C)n(-c2ccc(F)cc2CN2CCCC(CO)(Cc3ccccc3)C2)n1. The zero-order valence-electron chi connectivity index (χ0n) is 17.8. The minimum atomic E-state index is -0.231. The maximum absolute atomic E-state index is 14.1. The molecule has 1 unspecified atom stereocenters. The van der Waals surface area contributed by atoms with Gasteiger partial charge in [-0.1, -0.05) is 30.3 Å². The molecule has 1 saturated heterocycles. The van der Waals surface area contributed by atoms with Crippen LogP contribution in [0.15, 0.2) is 54.6 Å². The normalized spacial score (nSPS) is 19.9. The zero-order valence-corrected chi connectivity index (χ0v) is 17.8. The molecular weight excluding hydrogens is 377 g/mol. The molecule has 0 bridgehead atoms. The molecule has 2 aromatic carbocycles. The Morgan fingerprint density at radius 3 is 2.60 bits per heavy atom. The number of aromatic nitrogens is 2. The lowest BCUT2D eigenvalue weighted by Gasteiger charge is -2.42. The molecule has 5 heteroatoms. The van der Waals surface area contributed by atoms with E-state index in [1.54, 1.807) is 6.07 Å². The quantitative estimate of drug-likeness (QED) is 0.657.